The Bertz CT molecular complexity index is 6030. The molecule has 3 N–H and O–H groups in total. The van der Waals surface area contributed by atoms with Gasteiger partial charge in [-0.15, -0.1) is 0 Å². The van der Waals surface area contributed by atoms with Gasteiger partial charge >= 0.3 is 11.9 Å². The molecule has 16 rings (SSSR count). The van der Waals surface area contributed by atoms with Gasteiger partial charge in [-0.3, -0.25) is 0 Å². The van der Waals surface area contributed by atoms with Gasteiger partial charge in [0.2, 0.25) is 32.6 Å². The first-order valence-corrected chi connectivity index (χ1v) is 53.1. The van der Waals surface area contributed by atoms with Crippen molar-refractivity contribution in [3.63, 3.8) is 0 Å². The fourth-order valence-electron chi connectivity index (χ4n) is 16.9. The SMILES string of the molecule is CC(C)(C)[Si](C)(C)O[C@H]1OC(COCc2ccccc2)[C@@H](O[C@@H]2OC(COCc3ccccc3)[C@@H](O[C@@H]3OC(CO)[C@H](OCc4ccccc4)[C@H](O[C@H]4O[C@@H](OCc5ccccc5)[C@@H](OC(=O)c5ccccc5)C(OCc5ccccc5)C4OC(=O)c4ccccc4)C3OCc3ccccc3)[C@@H](OCc3ccccc3)C2NS(=O)(=O)c2ccccc2)[C@@H](OCc2ccccc2)C1NS(=O)(=O)c1ccccc1. The summed E-state index contributed by atoms with van der Waals surface area (Å²) in [5, 5.41) is 12.0. The van der Waals surface area contributed by atoms with Gasteiger partial charge in [0.05, 0.1) is 93.6 Å². The van der Waals surface area contributed by atoms with Crippen LogP contribution in [0.2, 0.25) is 18.1 Å². The van der Waals surface area contributed by atoms with Crippen molar-refractivity contribution in [1.82, 2.24) is 9.44 Å². The predicted molar refractivity (Wildman–Crippen MR) is 526 cm³/mol. The third-order valence-corrected chi connectivity index (χ3v) is 32.7. The Kier molecular flexibility index (Phi) is 36.3. The normalized spacial score (nSPS) is 25.0. The summed E-state index contributed by atoms with van der Waals surface area (Å²) in [6, 6.07) is 103. The van der Waals surface area contributed by atoms with Crippen LogP contribution in [0.3, 0.4) is 0 Å². The molecule has 0 amide bonds. The molecular formula is C111H120N2O25S2Si. The minimum Gasteiger partial charge on any atom is -0.450 e. The number of carbonyl (C=O) groups is 2. The Morgan fingerprint density at radius 3 is 0.936 bits per heavy atom. The van der Waals surface area contributed by atoms with Crippen LogP contribution in [0.4, 0.5) is 0 Å². The number of hydrogen-bond acceptors (Lipinski definition) is 25. The molecule has 4 aliphatic rings. The highest BCUT2D eigenvalue weighted by Crippen LogP contribution is 2.44. The first-order valence-electron chi connectivity index (χ1n) is 47.3. The van der Waals surface area contributed by atoms with Crippen LogP contribution in [-0.4, -0.2) is 185 Å². The van der Waals surface area contributed by atoms with Crippen molar-refractivity contribution >= 4 is 40.3 Å². The molecule has 0 aliphatic carbocycles. The van der Waals surface area contributed by atoms with E-state index in [-0.39, 0.29) is 80.4 Å². The lowest BCUT2D eigenvalue weighted by atomic mass is 9.94. The third kappa shape index (κ3) is 27.9. The maximum absolute atomic E-state index is 16.2. The van der Waals surface area contributed by atoms with Crippen molar-refractivity contribution in [3.8, 4) is 0 Å². The maximum Gasteiger partial charge on any atom is 0.338 e. The van der Waals surface area contributed by atoms with Gasteiger partial charge in [-0.1, -0.05) is 336 Å². The number of hydrogen-bond donors (Lipinski definition) is 3. The lowest BCUT2D eigenvalue weighted by Crippen LogP contribution is -2.71. The van der Waals surface area contributed by atoms with E-state index in [1.807, 2.05) is 256 Å². The zero-order valence-electron chi connectivity index (χ0n) is 79.0. The van der Waals surface area contributed by atoms with E-state index >= 15 is 26.4 Å². The highest BCUT2D eigenvalue weighted by Gasteiger charge is 2.61. The van der Waals surface area contributed by atoms with Crippen LogP contribution in [0.25, 0.3) is 0 Å². The standard InChI is InChI=1S/C111H120N2O25S2Si/c1-111(2,3)141(4,5)138-107-93(113-140(119,120)88-64-40-17-41-65-88)98(125-71-81-50-26-10-27-51-81)95(91(131-107)76-122-68-78-44-20-7-21-45-78)134-106-92(112-139(117,118)87-62-38-16-39-63-87)97(124-70-80-48-24-9-25-49-80)96(90(130-106)75-121-67-77-42-18-6-19-43-77)135-109-101(127-73-83-54-30-12-31-55-83)100(94(89(66-114)129-109)123-69-79-46-22-8-23-47-79)136-110-103(133-105(116)86-60-36-15-37-61-86)99(126-72-82-52-28-11-29-53-82)102(132-104(115)85-58-34-14-35-59-85)108(137-110)128-74-84-56-32-13-33-57-84/h6-65,89-103,106-110,112-114H,66-76H2,1-5H3/t89?,90?,91?,92?,93?,94-,95+,96+,97-,98-,99?,100-,101?,102-,103?,106-,107+,108+,109-,110-/m0/s1. The minimum atomic E-state index is -4.83. The van der Waals surface area contributed by atoms with Gasteiger partial charge in [0.25, 0.3) is 0 Å². The number of sulfonamides is 2. The lowest BCUT2D eigenvalue weighted by molar-refractivity contribution is -0.402. The Hall–Kier alpha value is -11.1. The van der Waals surface area contributed by atoms with Crippen molar-refractivity contribution in [2.24, 2.45) is 0 Å². The van der Waals surface area contributed by atoms with Crippen LogP contribution in [0.1, 0.15) is 86.0 Å². The number of aliphatic hydroxyl groups excluding tert-OH is 1. The highest BCUT2D eigenvalue weighted by atomic mass is 32.2. The van der Waals surface area contributed by atoms with Gasteiger partial charge in [0.1, 0.15) is 79.2 Å². The Morgan fingerprint density at radius 1 is 0.298 bits per heavy atom. The molecule has 4 fully saturated rings. The number of esters is 2. The number of carbonyl (C=O) groups excluding carboxylic acids is 2. The van der Waals surface area contributed by atoms with Gasteiger partial charge in [0.15, 0.2) is 39.4 Å². The van der Waals surface area contributed by atoms with Gasteiger partial charge in [-0.2, -0.15) is 0 Å². The molecular weight excluding hydrogens is 1850 g/mol. The number of ether oxygens (including phenoxy) is 17. The smallest absolute Gasteiger partial charge is 0.338 e. The molecule has 0 aromatic heterocycles. The second-order valence-electron chi connectivity index (χ2n) is 36.4. The fraction of sp³-hybridized carbons (Fsp3) is 0.333. The third-order valence-electron chi connectivity index (χ3n) is 25.3. The molecule has 4 heterocycles. The molecule has 141 heavy (non-hydrogen) atoms. The van der Waals surface area contributed by atoms with E-state index in [9.17, 15) is 5.11 Å². The monoisotopic (exact) mass is 1970 g/mol. The van der Waals surface area contributed by atoms with Crippen molar-refractivity contribution in [2.75, 3.05) is 19.8 Å². The largest absolute Gasteiger partial charge is 0.450 e. The van der Waals surface area contributed by atoms with E-state index in [2.05, 4.69) is 30.2 Å². The van der Waals surface area contributed by atoms with Crippen LogP contribution in [0.5, 0.6) is 0 Å². The molecule has 0 spiro atoms. The van der Waals surface area contributed by atoms with E-state index in [0.29, 0.717) is 33.4 Å². The van der Waals surface area contributed by atoms with E-state index in [1.54, 1.807) is 97.1 Å². The molecule has 0 bridgehead atoms. The molecule has 12 aromatic rings. The first kappa shape index (κ1) is 103. The Balaban J connectivity index is 0.879. The molecule has 4 saturated heterocycles. The lowest BCUT2D eigenvalue weighted by Gasteiger charge is -2.53. The van der Waals surface area contributed by atoms with Crippen LogP contribution < -0.4 is 9.44 Å². The molecule has 0 radical (unpaired) electrons. The number of benzene rings is 12. The van der Waals surface area contributed by atoms with Gasteiger partial charge < -0.3 is 90.1 Å². The molecule has 27 nitrogen and oxygen atoms in total. The Morgan fingerprint density at radius 2 is 0.574 bits per heavy atom. The summed E-state index contributed by atoms with van der Waals surface area (Å²) in [6.45, 7) is 7.61. The molecule has 740 valence electrons. The molecule has 12 aromatic carbocycles. The van der Waals surface area contributed by atoms with Crippen LogP contribution in [-0.2, 0) is 158 Å². The Labute approximate surface area is 825 Å². The first-order chi connectivity index (χ1) is 68.6. The second kappa shape index (κ2) is 49.8. The van der Waals surface area contributed by atoms with Crippen molar-refractivity contribution in [3.05, 3.63) is 420 Å². The van der Waals surface area contributed by atoms with Crippen molar-refractivity contribution in [2.45, 2.75) is 224 Å². The number of rotatable bonds is 45. The van der Waals surface area contributed by atoms with Crippen molar-refractivity contribution in [1.29, 1.82) is 0 Å². The van der Waals surface area contributed by atoms with Gasteiger partial charge in [-0.25, -0.2) is 35.9 Å². The van der Waals surface area contributed by atoms with E-state index in [4.69, 9.17) is 85.0 Å². The van der Waals surface area contributed by atoms with Gasteiger partial charge in [0, 0.05) is 0 Å². The van der Waals surface area contributed by atoms with Gasteiger partial charge in [-0.05, 0) is 111 Å². The molecule has 30 heteroatoms. The van der Waals surface area contributed by atoms with Crippen LogP contribution in [0.15, 0.2) is 374 Å². The highest BCUT2D eigenvalue weighted by molar-refractivity contribution is 7.89. The molecule has 20 atom stereocenters. The minimum absolute atomic E-state index is 0.0361. The summed E-state index contributed by atoms with van der Waals surface area (Å²) >= 11 is 0. The average molecular weight is 1970 g/mol. The topological polar surface area (TPSA) is 313 Å². The van der Waals surface area contributed by atoms with Crippen molar-refractivity contribution < 1.29 is 116 Å². The maximum atomic E-state index is 16.2. The quantitative estimate of drug-likeness (QED) is 0.0236. The molecule has 0 saturated carbocycles. The summed E-state index contributed by atoms with van der Waals surface area (Å²) in [5.74, 6) is -1.68. The van der Waals surface area contributed by atoms with E-state index < -0.39 is 181 Å². The summed E-state index contributed by atoms with van der Waals surface area (Å²) in [4.78, 5) is 30.2. The predicted octanol–water partition coefficient (Wildman–Crippen LogP) is 16.7. The zero-order chi connectivity index (χ0) is 98.0. The van der Waals surface area contributed by atoms with Crippen LogP contribution in [0, 0.1) is 0 Å². The van der Waals surface area contributed by atoms with E-state index in [1.165, 1.54) is 24.3 Å². The summed E-state index contributed by atoms with van der Waals surface area (Å²) < 4.78 is 201. The number of aliphatic hydroxyl groups is 1. The van der Waals surface area contributed by atoms with E-state index in [0.717, 1.165) is 11.1 Å². The van der Waals surface area contributed by atoms with Crippen LogP contribution >= 0.6 is 0 Å². The fourth-order valence-corrected chi connectivity index (χ4v) is 20.5. The zero-order valence-corrected chi connectivity index (χ0v) is 81.7. The molecule has 8 unspecified atom stereocenters. The second-order valence-corrected chi connectivity index (χ2v) is 44.5. The summed E-state index contributed by atoms with van der Waals surface area (Å²) in [5.41, 5.74) is 5.79. The summed E-state index contributed by atoms with van der Waals surface area (Å²) in [6.07, 6.45) is -29.0. The number of nitrogens with one attached hydrogen (secondary N) is 2. The summed E-state index contributed by atoms with van der Waals surface area (Å²) in [7, 11) is -12.5. The molecule has 4 aliphatic heterocycles. The average Bonchev–Trinajstić information content (AvgIpc) is 0.751.